The van der Waals surface area contributed by atoms with Crippen molar-refractivity contribution in [3.63, 3.8) is 0 Å². The molecule has 0 bridgehead atoms. The van der Waals surface area contributed by atoms with Gasteiger partial charge in [0.25, 0.3) is 5.91 Å². The molecule has 0 spiro atoms. The molecule has 0 unspecified atom stereocenters. The second-order valence-corrected chi connectivity index (χ2v) is 4.86. The zero-order chi connectivity index (χ0) is 14.4. The van der Waals surface area contributed by atoms with E-state index in [9.17, 15) is 9.59 Å². The number of aldehydes is 1. The van der Waals surface area contributed by atoms with Crippen LogP contribution in [0.2, 0.25) is 0 Å². The number of ether oxygens (including phenoxy) is 2. The Bertz CT molecular complexity index is 481. The smallest absolute Gasteiger partial charge is 0.258 e. The van der Waals surface area contributed by atoms with Crippen molar-refractivity contribution in [3.05, 3.63) is 23.8 Å². The molecular formula is C15H19NO4. The lowest BCUT2D eigenvalue weighted by atomic mass is 10.2. The first-order chi connectivity index (χ1) is 9.72. The molecule has 1 amide bonds. The van der Waals surface area contributed by atoms with Gasteiger partial charge in [0.1, 0.15) is 11.5 Å². The lowest BCUT2D eigenvalue weighted by molar-refractivity contribution is -0.123. The van der Waals surface area contributed by atoms with E-state index in [-0.39, 0.29) is 18.6 Å². The lowest BCUT2D eigenvalue weighted by Crippen LogP contribution is -2.36. The summed E-state index contributed by atoms with van der Waals surface area (Å²) >= 11 is 0. The van der Waals surface area contributed by atoms with E-state index in [0.29, 0.717) is 23.3 Å². The zero-order valence-corrected chi connectivity index (χ0v) is 11.6. The number of carbonyl (C=O) groups excluding carboxylic acids is 2. The van der Waals surface area contributed by atoms with Gasteiger partial charge in [-0.1, -0.05) is 12.8 Å². The van der Waals surface area contributed by atoms with Crippen molar-refractivity contribution in [3.8, 4) is 11.5 Å². The topological polar surface area (TPSA) is 64.6 Å². The first-order valence-corrected chi connectivity index (χ1v) is 6.78. The number of methoxy groups -OCH3 is 1. The largest absolute Gasteiger partial charge is 0.497 e. The summed E-state index contributed by atoms with van der Waals surface area (Å²) in [5.41, 5.74) is 0.373. The Balaban J connectivity index is 1.89. The molecule has 1 fully saturated rings. The zero-order valence-electron chi connectivity index (χ0n) is 11.6. The number of rotatable bonds is 6. The van der Waals surface area contributed by atoms with Crippen LogP contribution in [-0.4, -0.2) is 32.0 Å². The van der Waals surface area contributed by atoms with Gasteiger partial charge in [-0.3, -0.25) is 9.59 Å². The van der Waals surface area contributed by atoms with Crippen LogP contribution in [-0.2, 0) is 4.79 Å². The maximum Gasteiger partial charge on any atom is 0.258 e. The van der Waals surface area contributed by atoms with Crippen molar-refractivity contribution in [1.29, 1.82) is 0 Å². The van der Waals surface area contributed by atoms with E-state index in [2.05, 4.69) is 5.32 Å². The van der Waals surface area contributed by atoms with Gasteiger partial charge in [0.05, 0.1) is 12.7 Å². The Morgan fingerprint density at radius 2 is 2.15 bits per heavy atom. The summed E-state index contributed by atoms with van der Waals surface area (Å²) in [6, 6.07) is 5.17. The van der Waals surface area contributed by atoms with E-state index < -0.39 is 0 Å². The third-order valence-electron chi connectivity index (χ3n) is 3.42. The Labute approximate surface area is 118 Å². The molecule has 5 heteroatoms. The molecular weight excluding hydrogens is 258 g/mol. The van der Waals surface area contributed by atoms with E-state index in [0.717, 1.165) is 12.8 Å². The van der Waals surface area contributed by atoms with Crippen LogP contribution >= 0.6 is 0 Å². The predicted molar refractivity (Wildman–Crippen MR) is 74.3 cm³/mol. The SMILES string of the molecule is COc1ccc(OCC(=O)NC2CCCC2)c(C=O)c1. The molecule has 1 N–H and O–H groups in total. The van der Waals surface area contributed by atoms with Gasteiger partial charge in [-0.05, 0) is 31.0 Å². The minimum Gasteiger partial charge on any atom is -0.497 e. The number of nitrogens with one attached hydrogen (secondary N) is 1. The average molecular weight is 277 g/mol. The number of amides is 1. The minimum absolute atomic E-state index is 0.0797. The third-order valence-corrected chi connectivity index (χ3v) is 3.42. The molecule has 108 valence electrons. The molecule has 0 saturated heterocycles. The van der Waals surface area contributed by atoms with Gasteiger partial charge in [-0.2, -0.15) is 0 Å². The molecule has 2 rings (SSSR count). The highest BCUT2D eigenvalue weighted by molar-refractivity contribution is 5.81. The Morgan fingerprint density at radius 1 is 1.40 bits per heavy atom. The fraction of sp³-hybridized carbons (Fsp3) is 0.467. The molecule has 0 aromatic heterocycles. The predicted octanol–water partition coefficient (Wildman–Crippen LogP) is 1.95. The Kier molecular flexibility index (Phi) is 4.98. The molecule has 1 aliphatic carbocycles. The molecule has 0 heterocycles. The van der Waals surface area contributed by atoms with Gasteiger partial charge in [-0.25, -0.2) is 0 Å². The number of carbonyl (C=O) groups is 2. The third kappa shape index (κ3) is 3.73. The maximum absolute atomic E-state index is 11.7. The van der Waals surface area contributed by atoms with Crippen LogP contribution in [0.15, 0.2) is 18.2 Å². The molecule has 0 radical (unpaired) electrons. The van der Waals surface area contributed by atoms with Crippen molar-refractivity contribution in [1.82, 2.24) is 5.32 Å². The molecule has 0 aliphatic heterocycles. The molecule has 1 aromatic carbocycles. The summed E-state index contributed by atoms with van der Waals surface area (Å²) in [4.78, 5) is 22.7. The fourth-order valence-electron chi connectivity index (χ4n) is 2.36. The molecule has 20 heavy (non-hydrogen) atoms. The highest BCUT2D eigenvalue weighted by atomic mass is 16.5. The standard InChI is InChI=1S/C15H19NO4/c1-19-13-6-7-14(11(8-13)9-17)20-10-15(18)16-12-4-2-3-5-12/h6-9,12H,2-5,10H2,1H3,(H,16,18). The van der Waals surface area contributed by atoms with E-state index in [4.69, 9.17) is 9.47 Å². The van der Waals surface area contributed by atoms with Crippen molar-refractivity contribution in [2.24, 2.45) is 0 Å². The van der Waals surface area contributed by atoms with Crippen LogP contribution in [0.1, 0.15) is 36.0 Å². The normalized spacial score (nSPS) is 14.8. The van der Waals surface area contributed by atoms with Crippen LogP contribution in [0.4, 0.5) is 0 Å². The van der Waals surface area contributed by atoms with Gasteiger partial charge >= 0.3 is 0 Å². The summed E-state index contributed by atoms with van der Waals surface area (Å²) < 4.78 is 10.4. The van der Waals surface area contributed by atoms with E-state index in [1.54, 1.807) is 18.2 Å². The monoisotopic (exact) mass is 277 g/mol. The first-order valence-electron chi connectivity index (χ1n) is 6.78. The highest BCUT2D eigenvalue weighted by Gasteiger charge is 2.17. The lowest BCUT2D eigenvalue weighted by Gasteiger charge is -2.13. The quantitative estimate of drug-likeness (QED) is 0.807. The molecule has 1 aliphatic rings. The number of hydrogen-bond acceptors (Lipinski definition) is 4. The van der Waals surface area contributed by atoms with Crippen LogP contribution in [0.25, 0.3) is 0 Å². The van der Waals surface area contributed by atoms with Gasteiger partial charge < -0.3 is 14.8 Å². The average Bonchev–Trinajstić information content (AvgIpc) is 2.97. The van der Waals surface area contributed by atoms with Gasteiger partial charge in [-0.15, -0.1) is 0 Å². The second kappa shape index (κ2) is 6.93. The van der Waals surface area contributed by atoms with E-state index in [1.165, 1.54) is 20.0 Å². The summed E-state index contributed by atoms with van der Waals surface area (Å²) in [6.07, 6.45) is 5.09. The van der Waals surface area contributed by atoms with E-state index in [1.807, 2.05) is 0 Å². The Morgan fingerprint density at radius 3 is 2.80 bits per heavy atom. The molecule has 1 aromatic rings. The number of hydrogen-bond donors (Lipinski definition) is 1. The van der Waals surface area contributed by atoms with E-state index >= 15 is 0 Å². The van der Waals surface area contributed by atoms with Crippen molar-refractivity contribution < 1.29 is 19.1 Å². The summed E-state index contributed by atoms with van der Waals surface area (Å²) in [6.45, 7) is -0.0797. The minimum atomic E-state index is -0.149. The Hall–Kier alpha value is -2.04. The first kappa shape index (κ1) is 14.4. The molecule has 1 saturated carbocycles. The molecule has 5 nitrogen and oxygen atoms in total. The van der Waals surface area contributed by atoms with Crippen LogP contribution < -0.4 is 14.8 Å². The summed E-state index contributed by atoms with van der Waals surface area (Å²) in [7, 11) is 1.53. The summed E-state index contributed by atoms with van der Waals surface area (Å²) in [5.74, 6) is 0.821. The van der Waals surface area contributed by atoms with Crippen LogP contribution in [0.5, 0.6) is 11.5 Å². The van der Waals surface area contributed by atoms with Gasteiger partial charge in [0.2, 0.25) is 0 Å². The maximum atomic E-state index is 11.7. The number of benzene rings is 1. The van der Waals surface area contributed by atoms with Gasteiger partial charge in [0.15, 0.2) is 12.9 Å². The fourth-order valence-corrected chi connectivity index (χ4v) is 2.36. The van der Waals surface area contributed by atoms with Crippen molar-refractivity contribution in [2.45, 2.75) is 31.7 Å². The van der Waals surface area contributed by atoms with Crippen LogP contribution in [0.3, 0.4) is 0 Å². The van der Waals surface area contributed by atoms with Crippen LogP contribution in [0, 0.1) is 0 Å². The summed E-state index contributed by atoms with van der Waals surface area (Å²) in [5, 5.41) is 2.93. The van der Waals surface area contributed by atoms with Gasteiger partial charge in [0, 0.05) is 6.04 Å². The highest BCUT2D eigenvalue weighted by Crippen LogP contribution is 2.22. The van der Waals surface area contributed by atoms with Crippen molar-refractivity contribution in [2.75, 3.05) is 13.7 Å². The molecule has 0 atom stereocenters. The van der Waals surface area contributed by atoms with Crippen molar-refractivity contribution >= 4 is 12.2 Å². The second-order valence-electron chi connectivity index (χ2n) is 4.86.